The SMILES string of the molecule is O=Cc1cc2c(cc1-c1cccc3ccccc13)OCO2. The molecule has 0 bridgehead atoms. The Hall–Kier alpha value is -2.81. The molecule has 0 saturated heterocycles. The smallest absolute Gasteiger partial charge is 0.231 e. The van der Waals surface area contributed by atoms with E-state index in [0.717, 1.165) is 28.2 Å². The van der Waals surface area contributed by atoms with Crippen LogP contribution in [0.25, 0.3) is 21.9 Å². The molecule has 0 fully saturated rings. The number of carbonyl (C=O) groups excluding carboxylic acids is 1. The third-order valence-corrected chi connectivity index (χ3v) is 3.75. The molecule has 102 valence electrons. The van der Waals surface area contributed by atoms with Crippen molar-refractivity contribution in [2.45, 2.75) is 0 Å². The van der Waals surface area contributed by atoms with Crippen LogP contribution in [-0.4, -0.2) is 13.1 Å². The summed E-state index contributed by atoms with van der Waals surface area (Å²) in [7, 11) is 0. The van der Waals surface area contributed by atoms with E-state index in [9.17, 15) is 4.79 Å². The monoisotopic (exact) mass is 276 g/mol. The highest BCUT2D eigenvalue weighted by Crippen LogP contribution is 2.40. The molecule has 1 aliphatic heterocycles. The number of fused-ring (bicyclic) bond motifs is 2. The Bertz CT molecular complexity index is 847. The third kappa shape index (κ3) is 1.86. The van der Waals surface area contributed by atoms with Crippen LogP contribution < -0.4 is 9.47 Å². The van der Waals surface area contributed by atoms with E-state index in [1.54, 1.807) is 6.07 Å². The molecule has 3 aromatic carbocycles. The first-order valence-electron chi connectivity index (χ1n) is 6.74. The first-order chi connectivity index (χ1) is 10.4. The van der Waals surface area contributed by atoms with Gasteiger partial charge in [0.2, 0.25) is 6.79 Å². The average molecular weight is 276 g/mol. The Morgan fingerprint density at radius 3 is 2.48 bits per heavy atom. The van der Waals surface area contributed by atoms with Crippen molar-refractivity contribution >= 4 is 17.1 Å². The van der Waals surface area contributed by atoms with Gasteiger partial charge in [0.05, 0.1) is 0 Å². The van der Waals surface area contributed by atoms with Crippen molar-refractivity contribution in [2.75, 3.05) is 6.79 Å². The Morgan fingerprint density at radius 2 is 1.62 bits per heavy atom. The standard InChI is InChI=1S/C18H12O3/c19-10-13-8-17-18(21-11-20-17)9-16(13)15-7-3-5-12-4-1-2-6-14(12)15/h1-10H,11H2. The van der Waals surface area contributed by atoms with E-state index >= 15 is 0 Å². The van der Waals surface area contributed by atoms with Crippen LogP contribution in [0.4, 0.5) is 0 Å². The molecular weight excluding hydrogens is 264 g/mol. The molecule has 0 radical (unpaired) electrons. The summed E-state index contributed by atoms with van der Waals surface area (Å²) < 4.78 is 10.8. The maximum Gasteiger partial charge on any atom is 0.231 e. The molecule has 0 atom stereocenters. The molecule has 0 spiro atoms. The van der Waals surface area contributed by atoms with Crippen LogP contribution in [0, 0.1) is 0 Å². The largest absolute Gasteiger partial charge is 0.454 e. The molecule has 3 heteroatoms. The van der Waals surface area contributed by atoms with Crippen LogP contribution in [0.2, 0.25) is 0 Å². The summed E-state index contributed by atoms with van der Waals surface area (Å²) in [5.74, 6) is 1.31. The molecule has 1 aliphatic rings. The second-order valence-electron chi connectivity index (χ2n) is 4.94. The van der Waals surface area contributed by atoms with E-state index in [-0.39, 0.29) is 6.79 Å². The summed E-state index contributed by atoms with van der Waals surface area (Å²) in [5, 5.41) is 2.26. The van der Waals surface area contributed by atoms with E-state index in [4.69, 9.17) is 9.47 Å². The normalized spacial score (nSPS) is 12.6. The van der Waals surface area contributed by atoms with Crippen molar-refractivity contribution in [3.63, 3.8) is 0 Å². The number of hydrogen-bond acceptors (Lipinski definition) is 3. The molecule has 1 heterocycles. The maximum absolute atomic E-state index is 11.4. The lowest BCUT2D eigenvalue weighted by Crippen LogP contribution is -1.92. The van der Waals surface area contributed by atoms with Gasteiger partial charge in [0, 0.05) is 5.56 Å². The van der Waals surface area contributed by atoms with E-state index in [0.29, 0.717) is 17.1 Å². The van der Waals surface area contributed by atoms with Gasteiger partial charge in [-0.2, -0.15) is 0 Å². The molecule has 0 saturated carbocycles. The molecular formula is C18H12O3. The Balaban J connectivity index is 2.02. The van der Waals surface area contributed by atoms with Gasteiger partial charge in [-0.15, -0.1) is 0 Å². The summed E-state index contributed by atoms with van der Waals surface area (Å²) in [4.78, 5) is 11.4. The highest BCUT2D eigenvalue weighted by Gasteiger charge is 2.18. The highest BCUT2D eigenvalue weighted by atomic mass is 16.7. The molecule has 3 aromatic rings. The minimum Gasteiger partial charge on any atom is -0.454 e. The van der Waals surface area contributed by atoms with Crippen LogP contribution in [0.1, 0.15) is 10.4 Å². The van der Waals surface area contributed by atoms with Gasteiger partial charge in [-0.25, -0.2) is 0 Å². The van der Waals surface area contributed by atoms with E-state index in [2.05, 4.69) is 18.2 Å². The van der Waals surface area contributed by atoms with E-state index < -0.39 is 0 Å². The molecule has 0 aromatic heterocycles. The summed E-state index contributed by atoms with van der Waals surface area (Å²) >= 11 is 0. The predicted molar refractivity (Wildman–Crippen MR) is 80.9 cm³/mol. The van der Waals surface area contributed by atoms with Crippen LogP contribution in [0.3, 0.4) is 0 Å². The summed E-state index contributed by atoms with van der Waals surface area (Å²) in [6.07, 6.45) is 0.860. The van der Waals surface area contributed by atoms with Gasteiger partial charge in [0.15, 0.2) is 17.8 Å². The van der Waals surface area contributed by atoms with Crippen LogP contribution in [0.15, 0.2) is 54.6 Å². The molecule has 4 rings (SSSR count). The first kappa shape index (κ1) is 12.0. The van der Waals surface area contributed by atoms with Crippen LogP contribution in [-0.2, 0) is 0 Å². The maximum atomic E-state index is 11.4. The third-order valence-electron chi connectivity index (χ3n) is 3.75. The van der Waals surface area contributed by atoms with Gasteiger partial charge < -0.3 is 9.47 Å². The Kier molecular flexibility index (Phi) is 2.64. The molecule has 0 aliphatic carbocycles. The van der Waals surface area contributed by atoms with Gasteiger partial charge in [0.25, 0.3) is 0 Å². The zero-order chi connectivity index (χ0) is 14.2. The number of ether oxygens (including phenoxy) is 2. The molecule has 0 amide bonds. The zero-order valence-corrected chi connectivity index (χ0v) is 11.2. The molecule has 21 heavy (non-hydrogen) atoms. The number of aldehydes is 1. The summed E-state index contributed by atoms with van der Waals surface area (Å²) in [6.45, 7) is 0.201. The summed E-state index contributed by atoms with van der Waals surface area (Å²) in [6, 6.07) is 17.8. The fourth-order valence-electron chi connectivity index (χ4n) is 2.75. The fourth-order valence-corrected chi connectivity index (χ4v) is 2.75. The quantitative estimate of drug-likeness (QED) is 0.662. The highest BCUT2D eigenvalue weighted by molar-refractivity contribution is 6.01. The van der Waals surface area contributed by atoms with Crippen molar-refractivity contribution in [3.05, 3.63) is 60.2 Å². The van der Waals surface area contributed by atoms with Gasteiger partial charge in [-0.1, -0.05) is 42.5 Å². The lowest BCUT2D eigenvalue weighted by atomic mass is 9.94. The Labute approximate surface area is 121 Å². The number of carbonyl (C=O) groups is 1. The van der Waals surface area contributed by atoms with Crippen molar-refractivity contribution in [1.29, 1.82) is 0 Å². The molecule has 3 nitrogen and oxygen atoms in total. The molecule has 0 unspecified atom stereocenters. The zero-order valence-electron chi connectivity index (χ0n) is 11.2. The number of hydrogen-bond donors (Lipinski definition) is 0. The summed E-state index contributed by atoms with van der Waals surface area (Å²) in [5.41, 5.74) is 2.50. The van der Waals surface area contributed by atoms with Gasteiger partial charge in [-0.05, 0) is 34.0 Å². The minimum absolute atomic E-state index is 0.201. The Morgan fingerprint density at radius 1 is 0.857 bits per heavy atom. The van der Waals surface area contributed by atoms with Crippen molar-refractivity contribution in [2.24, 2.45) is 0 Å². The van der Waals surface area contributed by atoms with Crippen molar-refractivity contribution in [1.82, 2.24) is 0 Å². The lowest BCUT2D eigenvalue weighted by Gasteiger charge is -2.10. The minimum atomic E-state index is 0.201. The van der Waals surface area contributed by atoms with Crippen LogP contribution >= 0.6 is 0 Å². The lowest BCUT2D eigenvalue weighted by molar-refractivity contribution is 0.112. The van der Waals surface area contributed by atoms with Gasteiger partial charge >= 0.3 is 0 Å². The van der Waals surface area contributed by atoms with Crippen LogP contribution in [0.5, 0.6) is 11.5 Å². The number of rotatable bonds is 2. The van der Waals surface area contributed by atoms with Gasteiger partial charge in [-0.3, -0.25) is 4.79 Å². The second-order valence-corrected chi connectivity index (χ2v) is 4.94. The van der Waals surface area contributed by atoms with Gasteiger partial charge in [0.1, 0.15) is 0 Å². The van der Waals surface area contributed by atoms with Crippen molar-refractivity contribution < 1.29 is 14.3 Å². The molecule has 0 N–H and O–H groups in total. The topological polar surface area (TPSA) is 35.5 Å². The van der Waals surface area contributed by atoms with E-state index in [1.807, 2.05) is 30.3 Å². The second kappa shape index (κ2) is 4.63. The fraction of sp³-hybridized carbons (Fsp3) is 0.0556. The van der Waals surface area contributed by atoms with Crippen molar-refractivity contribution in [3.8, 4) is 22.6 Å². The predicted octanol–water partition coefficient (Wildman–Crippen LogP) is 4.05. The average Bonchev–Trinajstić information content (AvgIpc) is 3.00. The van der Waals surface area contributed by atoms with E-state index in [1.165, 1.54) is 0 Å². The number of benzene rings is 3. The first-order valence-corrected chi connectivity index (χ1v) is 6.74.